The van der Waals surface area contributed by atoms with Gasteiger partial charge in [-0.15, -0.1) is 0 Å². The first-order valence-corrected chi connectivity index (χ1v) is 7.01. The predicted octanol–water partition coefficient (Wildman–Crippen LogP) is 3.35. The molecule has 1 atom stereocenters. The van der Waals surface area contributed by atoms with Crippen molar-refractivity contribution in [1.29, 1.82) is 5.41 Å². The van der Waals surface area contributed by atoms with Crippen molar-refractivity contribution in [2.75, 3.05) is 5.01 Å². The predicted molar refractivity (Wildman–Crippen MR) is 78.3 cm³/mol. The number of para-hydroxylation sites is 1. The summed E-state index contributed by atoms with van der Waals surface area (Å²) < 4.78 is 78.2. The van der Waals surface area contributed by atoms with Crippen LogP contribution in [0, 0.1) is 5.41 Å². The summed E-state index contributed by atoms with van der Waals surface area (Å²) in [5, 5.41) is 10.2. The summed E-state index contributed by atoms with van der Waals surface area (Å²) >= 11 is 5.95. The van der Waals surface area contributed by atoms with Crippen LogP contribution in [0.15, 0.2) is 40.5 Å². The molecule has 0 radical (unpaired) electrons. The number of aliphatic imine (C=N–C) groups is 1. The fourth-order valence-electron chi connectivity index (χ4n) is 2.39. The second kappa shape index (κ2) is 5.63. The number of hydrazine groups is 1. The van der Waals surface area contributed by atoms with Crippen molar-refractivity contribution in [2.24, 2.45) is 4.99 Å². The Morgan fingerprint density at radius 1 is 1.08 bits per heavy atom. The van der Waals surface area contributed by atoms with Gasteiger partial charge in [0.2, 0.25) is 5.84 Å². The van der Waals surface area contributed by atoms with Crippen molar-refractivity contribution >= 4 is 29.0 Å². The van der Waals surface area contributed by atoms with E-state index in [0.717, 1.165) is 5.01 Å². The van der Waals surface area contributed by atoms with Gasteiger partial charge in [0.15, 0.2) is 0 Å². The molecule has 2 aliphatic heterocycles. The van der Waals surface area contributed by atoms with Crippen LogP contribution in [0.1, 0.15) is 0 Å². The fourth-order valence-corrected chi connectivity index (χ4v) is 2.61. The molecule has 1 aromatic carbocycles. The summed E-state index contributed by atoms with van der Waals surface area (Å²) in [6.45, 7) is 0. The number of hydrogen-bond donors (Lipinski definition) is 3. The van der Waals surface area contributed by atoms with E-state index in [1.165, 1.54) is 23.5 Å². The summed E-state index contributed by atoms with van der Waals surface area (Å²) in [7, 11) is 0. The second-order valence-corrected chi connectivity index (χ2v) is 5.46. The van der Waals surface area contributed by atoms with Crippen molar-refractivity contribution in [3.05, 3.63) is 40.6 Å². The van der Waals surface area contributed by atoms with E-state index in [1.807, 2.05) is 0 Å². The number of benzene rings is 1. The normalized spacial score (nSPS) is 21.2. The van der Waals surface area contributed by atoms with Gasteiger partial charge in [-0.3, -0.25) is 10.4 Å². The van der Waals surface area contributed by atoms with E-state index in [9.17, 15) is 26.3 Å². The van der Waals surface area contributed by atoms with Crippen molar-refractivity contribution in [2.45, 2.75) is 18.5 Å². The average molecular weight is 384 g/mol. The van der Waals surface area contributed by atoms with Crippen molar-refractivity contribution in [1.82, 2.24) is 10.7 Å². The molecule has 5 nitrogen and oxygen atoms in total. The van der Waals surface area contributed by atoms with Crippen LogP contribution in [0.25, 0.3) is 0 Å². The van der Waals surface area contributed by atoms with Gasteiger partial charge in [0.05, 0.1) is 16.3 Å². The highest BCUT2D eigenvalue weighted by Gasteiger charge is 2.51. The van der Waals surface area contributed by atoms with Crippen LogP contribution in [0.2, 0.25) is 5.02 Å². The first-order valence-electron chi connectivity index (χ1n) is 6.63. The second-order valence-electron chi connectivity index (χ2n) is 5.05. The average Bonchev–Trinajstić information content (AvgIpc) is 2.82. The SMILES string of the molecule is N=C1C2=C(C(F)(F)F)NC(C(F)(F)F)=NC2NN1c1ccccc1Cl. The molecule has 1 saturated heterocycles. The van der Waals surface area contributed by atoms with E-state index in [2.05, 4.69) is 10.4 Å². The minimum atomic E-state index is -5.13. The Morgan fingerprint density at radius 3 is 2.28 bits per heavy atom. The lowest BCUT2D eigenvalue weighted by atomic mass is 10.1. The molecule has 2 heterocycles. The third-order valence-corrected chi connectivity index (χ3v) is 3.74. The highest BCUT2D eigenvalue weighted by molar-refractivity contribution is 6.34. The summed E-state index contributed by atoms with van der Waals surface area (Å²) in [4.78, 5) is 3.22. The Bertz CT molecular complexity index is 797. The van der Waals surface area contributed by atoms with Crippen molar-refractivity contribution in [3.8, 4) is 0 Å². The number of hydrogen-bond acceptors (Lipinski definition) is 4. The van der Waals surface area contributed by atoms with Gasteiger partial charge < -0.3 is 5.32 Å². The molecule has 134 valence electrons. The minimum Gasteiger partial charge on any atom is -0.332 e. The number of amidine groups is 2. The van der Waals surface area contributed by atoms with Crippen LogP contribution >= 0.6 is 11.6 Å². The number of anilines is 1. The fraction of sp³-hybridized carbons (Fsp3) is 0.231. The Hall–Kier alpha value is -2.27. The quantitative estimate of drug-likeness (QED) is 0.652. The summed E-state index contributed by atoms with van der Waals surface area (Å²) in [6.07, 6.45) is -12.0. The summed E-state index contributed by atoms with van der Waals surface area (Å²) in [5.74, 6) is -2.50. The Labute approximate surface area is 141 Å². The van der Waals surface area contributed by atoms with Crippen LogP contribution in [-0.4, -0.2) is 30.2 Å². The van der Waals surface area contributed by atoms with Gasteiger partial charge in [0, 0.05) is 0 Å². The number of alkyl halides is 6. The van der Waals surface area contributed by atoms with Gasteiger partial charge in [-0.25, -0.2) is 4.99 Å². The standard InChI is InChI=1S/C13H8ClF6N5/c14-5-3-1-2-4-6(5)25-9(21)7-8(12(15,16)17)22-11(13(18,19)20)23-10(7)24-25/h1-4,10,21,24H,(H,22,23). The van der Waals surface area contributed by atoms with Gasteiger partial charge >= 0.3 is 12.4 Å². The number of fused-ring (bicyclic) bond motifs is 1. The van der Waals surface area contributed by atoms with E-state index < -0.39 is 41.5 Å². The lowest BCUT2D eigenvalue weighted by Crippen LogP contribution is -2.47. The molecule has 2 aliphatic rings. The zero-order valence-electron chi connectivity index (χ0n) is 11.9. The molecular formula is C13H8ClF6N5. The molecule has 0 spiro atoms. The van der Waals surface area contributed by atoms with E-state index >= 15 is 0 Å². The molecule has 3 rings (SSSR count). The molecular weight excluding hydrogens is 376 g/mol. The molecule has 1 fully saturated rings. The van der Waals surface area contributed by atoms with Crippen LogP contribution in [-0.2, 0) is 0 Å². The minimum absolute atomic E-state index is 0.0977. The number of allylic oxidation sites excluding steroid dienone is 1. The monoisotopic (exact) mass is 383 g/mol. The number of rotatable bonds is 1. The molecule has 0 saturated carbocycles. The maximum Gasteiger partial charge on any atom is 0.449 e. The highest BCUT2D eigenvalue weighted by Crippen LogP contribution is 2.37. The number of nitrogens with zero attached hydrogens (tertiary/aromatic N) is 2. The van der Waals surface area contributed by atoms with E-state index in [1.54, 1.807) is 6.07 Å². The maximum absolute atomic E-state index is 13.2. The molecule has 1 unspecified atom stereocenters. The van der Waals surface area contributed by atoms with Crippen molar-refractivity contribution in [3.63, 3.8) is 0 Å². The maximum atomic E-state index is 13.2. The smallest absolute Gasteiger partial charge is 0.332 e. The molecule has 0 aromatic heterocycles. The molecule has 0 amide bonds. The van der Waals surface area contributed by atoms with E-state index in [0.29, 0.717) is 0 Å². The van der Waals surface area contributed by atoms with Gasteiger partial charge in [-0.1, -0.05) is 23.7 Å². The zero-order chi connectivity index (χ0) is 18.6. The van der Waals surface area contributed by atoms with Crippen LogP contribution < -0.4 is 15.8 Å². The van der Waals surface area contributed by atoms with Gasteiger partial charge in [0.25, 0.3) is 0 Å². The summed E-state index contributed by atoms with van der Waals surface area (Å²) in [6, 6.07) is 5.90. The van der Waals surface area contributed by atoms with Gasteiger partial charge in [0.1, 0.15) is 17.7 Å². The third-order valence-electron chi connectivity index (χ3n) is 3.42. The molecule has 12 heteroatoms. The van der Waals surface area contributed by atoms with E-state index in [-0.39, 0.29) is 10.7 Å². The van der Waals surface area contributed by atoms with Gasteiger partial charge in [-0.05, 0) is 12.1 Å². The molecule has 1 aromatic rings. The van der Waals surface area contributed by atoms with Crippen LogP contribution in [0.5, 0.6) is 0 Å². The Kier molecular flexibility index (Phi) is 3.95. The molecule has 0 bridgehead atoms. The zero-order valence-corrected chi connectivity index (χ0v) is 12.7. The van der Waals surface area contributed by atoms with Crippen LogP contribution in [0.4, 0.5) is 32.0 Å². The third kappa shape index (κ3) is 3.04. The molecule has 25 heavy (non-hydrogen) atoms. The first kappa shape index (κ1) is 17.5. The first-order chi connectivity index (χ1) is 11.5. The van der Waals surface area contributed by atoms with Crippen molar-refractivity contribution < 1.29 is 26.3 Å². The van der Waals surface area contributed by atoms with Crippen LogP contribution in [0.3, 0.4) is 0 Å². The number of halogens is 7. The lowest BCUT2D eigenvalue weighted by molar-refractivity contribution is -0.0987. The molecule has 3 N–H and O–H groups in total. The molecule has 0 aliphatic carbocycles. The topological polar surface area (TPSA) is 63.5 Å². The lowest BCUT2D eigenvalue weighted by Gasteiger charge is -2.25. The Morgan fingerprint density at radius 2 is 1.72 bits per heavy atom. The van der Waals surface area contributed by atoms with E-state index in [4.69, 9.17) is 17.0 Å². The Balaban J connectivity index is 2.10. The number of nitrogens with one attached hydrogen (secondary N) is 3. The highest BCUT2D eigenvalue weighted by atomic mass is 35.5. The van der Waals surface area contributed by atoms with Gasteiger partial charge in [-0.2, -0.15) is 31.8 Å². The summed E-state index contributed by atoms with van der Waals surface area (Å²) in [5.41, 5.74) is 0.0176. The largest absolute Gasteiger partial charge is 0.449 e.